The van der Waals surface area contributed by atoms with Crippen molar-refractivity contribution in [3.8, 4) is 0 Å². The van der Waals surface area contributed by atoms with Crippen molar-refractivity contribution in [2.45, 2.75) is 56.7 Å². The molecule has 3 fully saturated rings. The Labute approximate surface area is 187 Å². The third kappa shape index (κ3) is 7.41. The molecule has 3 saturated heterocycles. The number of halogens is 2. The van der Waals surface area contributed by atoms with Gasteiger partial charge in [-0.15, -0.1) is 24.8 Å². The molecule has 3 aliphatic heterocycles. The van der Waals surface area contributed by atoms with Crippen LogP contribution in [0.1, 0.15) is 37.7 Å². The number of carbonyl (C=O) groups excluding carboxylic acids is 1. The van der Waals surface area contributed by atoms with Crippen LogP contribution >= 0.6 is 24.8 Å². The normalized spacial score (nSPS) is 27.4. The van der Waals surface area contributed by atoms with E-state index in [0.29, 0.717) is 24.4 Å². The largest absolute Gasteiger partial charge is 0.379 e. The summed E-state index contributed by atoms with van der Waals surface area (Å²) in [5.74, 6) is 0.778. The minimum atomic E-state index is 0. The highest BCUT2D eigenvalue weighted by Crippen LogP contribution is 2.32. The fourth-order valence-electron chi connectivity index (χ4n) is 5.05. The van der Waals surface area contributed by atoms with Crippen LogP contribution in [0.5, 0.6) is 0 Å². The van der Waals surface area contributed by atoms with Crippen molar-refractivity contribution < 1.29 is 9.53 Å². The van der Waals surface area contributed by atoms with Gasteiger partial charge in [0, 0.05) is 44.2 Å². The summed E-state index contributed by atoms with van der Waals surface area (Å²) in [5.41, 5.74) is 1.29. The van der Waals surface area contributed by atoms with E-state index in [2.05, 4.69) is 39.8 Å². The zero-order chi connectivity index (χ0) is 18.5. The molecule has 3 aliphatic rings. The second-order valence-corrected chi connectivity index (χ2v) is 8.55. The Kier molecular flexibility index (Phi) is 10.2. The average molecular weight is 444 g/mol. The molecule has 5 nitrogen and oxygen atoms in total. The van der Waals surface area contributed by atoms with E-state index in [9.17, 15) is 4.79 Å². The Morgan fingerprint density at radius 2 is 1.76 bits per heavy atom. The third-order valence-electron chi connectivity index (χ3n) is 6.32. The van der Waals surface area contributed by atoms with E-state index in [1.165, 1.54) is 18.4 Å². The van der Waals surface area contributed by atoms with E-state index in [4.69, 9.17) is 4.74 Å². The maximum absolute atomic E-state index is 12.8. The van der Waals surface area contributed by atoms with Gasteiger partial charge < -0.3 is 15.4 Å². The molecular formula is C22H35Cl2N3O2. The van der Waals surface area contributed by atoms with E-state index < -0.39 is 0 Å². The molecule has 2 bridgehead atoms. The van der Waals surface area contributed by atoms with Gasteiger partial charge in [-0.25, -0.2) is 0 Å². The Morgan fingerprint density at radius 1 is 1.10 bits per heavy atom. The van der Waals surface area contributed by atoms with Crippen LogP contribution in [0.3, 0.4) is 0 Å². The maximum atomic E-state index is 12.8. The lowest BCUT2D eigenvalue weighted by atomic mass is 9.89. The number of piperidine rings is 1. The zero-order valence-corrected chi connectivity index (χ0v) is 18.7. The molecule has 3 unspecified atom stereocenters. The monoisotopic (exact) mass is 443 g/mol. The molecule has 4 rings (SSSR count). The highest BCUT2D eigenvalue weighted by atomic mass is 35.5. The highest BCUT2D eigenvalue weighted by Gasteiger charge is 2.34. The molecule has 164 valence electrons. The first-order valence-electron chi connectivity index (χ1n) is 10.6. The van der Waals surface area contributed by atoms with Crippen LogP contribution in [-0.2, 0) is 16.0 Å². The van der Waals surface area contributed by atoms with E-state index in [1.54, 1.807) is 0 Å². The summed E-state index contributed by atoms with van der Waals surface area (Å²) in [6.07, 6.45) is 6.48. The molecule has 1 amide bonds. The molecule has 0 aromatic heterocycles. The summed E-state index contributed by atoms with van der Waals surface area (Å²) in [7, 11) is 0. The number of morpholine rings is 1. The lowest BCUT2D eigenvalue weighted by molar-refractivity contribution is -0.123. The predicted octanol–water partition coefficient (Wildman–Crippen LogP) is 2.81. The fraction of sp³-hybridized carbons (Fsp3) is 0.682. The molecule has 0 spiro atoms. The second-order valence-electron chi connectivity index (χ2n) is 8.55. The number of benzene rings is 1. The van der Waals surface area contributed by atoms with E-state index >= 15 is 0 Å². The lowest BCUT2D eigenvalue weighted by Crippen LogP contribution is -2.49. The first-order chi connectivity index (χ1) is 13.2. The summed E-state index contributed by atoms with van der Waals surface area (Å²) < 4.78 is 5.47. The van der Waals surface area contributed by atoms with Gasteiger partial charge in [0.2, 0.25) is 5.91 Å². The van der Waals surface area contributed by atoms with Gasteiger partial charge in [-0.2, -0.15) is 0 Å². The number of ether oxygens (including phenoxy) is 1. The SMILES string of the molecule is Cl.Cl.O=C(CC1CC2CCC(C1)N2)NC(Cc1ccccc1)CN1CCOCC1. The molecule has 0 radical (unpaired) electrons. The summed E-state index contributed by atoms with van der Waals surface area (Å²) in [6, 6.07) is 12.0. The molecule has 0 saturated carbocycles. The summed E-state index contributed by atoms with van der Waals surface area (Å²) >= 11 is 0. The zero-order valence-electron chi connectivity index (χ0n) is 17.1. The van der Waals surface area contributed by atoms with Gasteiger partial charge in [0.15, 0.2) is 0 Å². The number of nitrogens with zero attached hydrogens (tertiary/aromatic N) is 1. The number of carbonyl (C=O) groups is 1. The van der Waals surface area contributed by atoms with Crippen LogP contribution < -0.4 is 10.6 Å². The standard InChI is InChI=1S/C22H33N3O2.2ClH/c26-22(15-18-13-19-6-7-20(14-18)23-19)24-21(12-17-4-2-1-3-5-17)16-25-8-10-27-11-9-25;;/h1-5,18-21,23H,6-16H2,(H,24,26);2*1H. The molecule has 29 heavy (non-hydrogen) atoms. The van der Waals surface area contributed by atoms with Gasteiger partial charge in [-0.3, -0.25) is 9.69 Å². The third-order valence-corrected chi connectivity index (χ3v) is 6.32. The van der Waals surface area contributed by atoms with Crippen LogP contribution in [0.25, 0.3) is 0 Å². The second kappa shape index (κ2) is 12.1. The fourth-order valence-corrected chi connectivity index (χ4v) is 5.05. The number of rotatable bonds is 7. The topological polar surface area (TPSA) is 53.6 Å². The van der Waals surface area contributed by atoms with Crippen LogP contribution in [-0.4, -0.2) is 61.8 Å². The maximum Gasteiger partial charge on any atom is 0.220 e. The van der Waals surface area contributed by atoms with Crippen molar-refractivity contribution in [3.05, 3.63) is 35.9 Å². The first kappa shape index (κ1) is 24.4. The number of nitrogens with one attached hydrogen (secondary N) is 2. The Morgan fingerprint density at radius 3 is 2.41 bits per heavy atom. The van der Waals surface area contributed by atoms with E-state index in [0.717, 1.165) is 52.1 Å². The van der Waals surface area contributed by atoms with Crippen molar-refractivity contribution in [1.29, 1.82) is 0 Å². The quantitative estimate of drug-likeness (QED) is 0.679. The van der Waals surface area contributed by atoms with Gasteiger partial charge >= 0.3 is 0 Å². The molecule has 2 N–H and O–H groups in total. The number of hydrogen-bond donors (Lipinski definition) is 2. The van der Waals surface area contributed by atoms with Crippen LogP contribution in [0.2, 0.25) is 0 Å². The molecule has 3 atom stereocenters. The average Bonchev–Trinajstić information content (AvgIpc) is 3.01. The van der Waals surface area contributed by atoms with Crippen molar-refractivity contribution in [2.24, 2.45) is 5.92 Å². The van der Waals surface area contributed by atoms with Gasteiger partial charge in [-0.1, -0.05) is 30.3 Å². The molecule has 7 heteroatoms. The Bertz CT molecular complexity index is 601. The number of amides is 1. The van der Waals surface area contributed by atoms with Crippen LogP contribution in [0.15, 0.2) is 30.3 Å². The van der Waals surface area contributed by atoms with E-state index in [1.807, 2.05) is 6.07 Å². The van der Waals surface area contributed by atoms with Crippen LogP contribution in [0, 0.1) is 5.92 Å². The molecule has 1 aromatic rings. The van der Waals surface area contributed by atoms with Crippen LogP contribution in [0.4, 0.5) is 0 Å². The summed E-state index contributed by atoms with van der Waals surface area (Å²) in [4.78, 5) is 15.2. The highest BCUT2D eigenvalue weighted by molar-refractivity contribution is 5.85. The summed E-state index contributed by atoms with van der Waals surface area (Å²) in [6.45, 7) is 4.41. The van der Waals surface area contributed by atoms with Crippen molar-refractivity contribution in [3.63, 3.8) is 0 Å². The van der Waals surface area contributed by atoms with Crippen molar-refractivity contribution in [2.75, 3.05) is 32.8 Å². The van der Waals surface area contributed by atoms with Gasteiger partial charge in [0.25, 0.3) is 0 Å². The number of hydrogen-bond acceptors (Lipinski definition) is 4. The van der Waals surface area contributed by atoms with E-state index in [-0.39, 0.29) is 36.8 Å². The molecular weight excluding hydrogens is 409 g/mol. The smallest absolute Gasteiger partial charge is 0.220 e. The Balaban J connectivity index is 0.00000150. The van der Waals surface area contributed by atoms with Gasteiger partial charge in [0.05, 0.1) is 13.2 Å². The predicted molar refractivity (Wildman–Crippen MR) is 121 cm³/mol. The molecule has 1 aromatic carbocycles. The van der Waals surface area contributed by atoms with Crippen molar-refractivity contribution >= 4 is 30.7 Å². The lowest BCUT2D eigenvalue weighted by Gasteiger charge is -2.32. The van der Waals surface area contributed by atoms with Gasteiger partial charge in [-0.05, 0) is 43.6 Å². The minimum absolute atomic E-state index is 0. The first-order valence-corrected chi connectivity index (χ1v) is 10.6. The molecule has 3 heterocycles. The van der Waals surface area contributed by atoms with Gasteiger partial charge in [0.1, 0.15) is 0 Å². The summed E-state index contributed by atoms with van der Waals surface area (Å²) in [5, 5.41) is 7.04. The molecule has 0 aliphatic carbocycles. The van der Waals surface area contributed by atoms with Crippen molar-refractivity contribution in [1.82, 2.24) is 15.5 Å². The number of fused-ring (bicyclic) bond motifs is 2. The Hall–Kier alpha value is -0.850. The minimum Gasteiger partial charge on any atom is -0.379 e.